The Morgan fingerprint density at radius 3 is 2.56 bits per heavy atom. The third kappa shape index (κ3) is 3.48. The molecule has 2 unspecified atom stereocenters. The van der Waals surface area contributed by atoms with Crippen LogP contribution in [0.25, 0.3) is 0 Å². The molecule has 2 rings (SSSR count). The van der Waals surface area contributed by atoms with Crippen LogP contribution in [-0.4, -0.2) is 26.3 Å². The molecule has 1 aliphatic heterocycles. The third-order valence-electron chi connectivity index (χ3n) is 4.68. The Morgan fingerprint density at radius 1 is 1.28 bits per heavy atom. The van der Waals surface area contributed by atoms with Gasteiger partial charge in [0.15, 0.2) is 0 Å². The molecule has 1 heterocycles. The molecular formula is C16H31NO. The third-order valence-corrected chi connectivity index (χ3v) is 4.68. The van der Waals surface area contributed by atoms with E-state index in [2.05, 4.69) is 33.1 Å². The monoisotopic (exact) mass is 253 g/mol. The first-order chi connectivity index (χ1) is 8.47. The van der Waals surface area contributed by atoms with Crippen molar-refractivity contribution in [3.8, 4) is 0 Å². The predicted octanol–water partition coefficient (Wildman–Crippen LogP) is 3.61. The van der Waals surface area contributed by atoms with Crippen molar-refractivity contribution in [2.75, 3.05) is 20.2 Å². The van der Waals surface area contributed by atoms with Gasteiger partial charge in [-0.05, 0) is 50.5 Å². The van der Waals surface area contributed by atoms with E-state index in [0.717, 1.165) is 19.1 Å². The number of hydrogen-bond donors (Lipinski definition) is 1. The molecule has 1 saturated carbocycles. The van der Waals surface area contributed by atoms with Crippen molar-refractivity contribution in [3.05, 3.63) is 0 Å². The average Bonchev–Trinajstić information content (AvgIpc) is 3.01. The summed E-state index contributed by atoms with van der Waals surface area (Å²) in [5.74, 6) is 0.871. The second kappa shape index (κ2) is 5.50. The second-order valence-electron chi connectivity index (χ2n) is 7.69. The highest BCUT2D eigenvalue weighted by Crippen LogP contribution is 2.50. The first kappa shape index (κ1) is 14.3. The fraction of sp³-hybridized carbons (Fsp3) is 1.00. The summed E-state index contributed by atoms with van der Waals surface area (Å²) in [5.41, 5.74) is 0.899. The van der Waals surface area contributed by atoms with Crippen LogP contribution in [0.3, 0.4) is 0 Å². The van der Waals surface area contributed by atoms with Crippen LogP contribution in [0.1, 0.15) is 59.3 Å². The minimum Gasteiger partial charge on any atom is -0.377 e. The summed E-state index contributed by atoms with van der Waals surface area (Å²) < 4.78 is 6.09. The van der Waals surface area contributed by atoms with E-state index >= 15 is 0 Å². The molecule has 2 aliphatic rings. The van der Waals surface area contributed by atoms with Gasteiger partial charge < -0.3 is 10.1 Å². The van der Waals surface area contributed by atoms with Crippen molar-refractivity contribution in [2.45, 2.75) is 65.4 Å². The van der Waals surface area contributed by atoms with Crippen molar-refractivity contribution < 1.29 is 4.74 Å². The van der Waals surface area contributed by atoms with Crippen LogP contribution in [0.4, 0.5) is 0 Å². The molecule has 18 heavy (non-hydrogen) atoms. The molecule has 0 aromatic heterocycles. The number of ether oxygens (including phenoxy) is 1. The highest BCUT2D eigenvalue weighted by molar-refractivity contribution is 5.00. The summed E-state index contributed by atoms with van der Waals surface area (Å²) >= 11 is 0. The van der Waals surface area contributed by atoms with Gasteiger partial charge in [-0.3, -0.25) is 0 Å². The number of hydrogen-bond acceptors (Lipinski definition) is 2. The van der Waals surface area contributed by atoms with Gasteiger partial charge in [0, 0.05) is 18.6 Å². The summed E-state index contributed by atoms with van der Waals surface area (Å²) in [4.78, 5) is 0. The Balaban J connectivity index is 1.93. The zero-order valence-corrected chi connectivity index (χ0v) is 12.7. The van der Waals surface area contributed by atoms with Crippen LogP contribution in [0.5, 0.6) is 0 Å². The van der Waals surface area contributed by atoms with E-state index in [1.54, 1.807) is 0 Å². The highest BCUT2D eigenvalue weighted by Gasteiger charge is 2.50. The summed E-state index contributed by atoms with van der Waals surface area (Å²) in [7, 11) is 2.09. The molecule has 0 aromatic carbocycles. The Kier molecular flexibility index (Phi) is 4.38. The fourth-order valence-corrected chi connectivity index (χ4v) is 3.61. The maximum atomic E-state index is 6.09. The molecule has 1 N–H and O–H groups in total. The summed E-state index contributed by atoms with van der Waals surface area (Å²) in [5, 5.41) is 3.43. The predicted molar refractivity (Wildman–Crippen MR) is 76.7 cm³/mol. The van der Waals surface area contributed by atoms with Crippen molar-refractivity contribution >= 4 is 0 Å². The van der Waals surface area contributed by atoms with Gasteiger partial charge in [-0.1, -0.05) is 27.2 Å². The summed E-state index contributed by atoms with van der Waals surface area (Å²) in [6, 6.07) is 0. The fourth-order valence-electron chi connectivity index (χ4n) is 3.61. The molecule has 1 saturated heterocycles. The number of rotatable bonds is 6. The Morgan fingerprint density at radius 2 is 2.00 bits per heavy atom. The van der Waals surface area contributed by atoms with Crippen LogP contribution in [-0.2, 0) is 4.74 Å². The molecule has 2 fully saturated rings. The van der Waals surface area contributed by atoms with Gasteiger partial charge in [-0.25, -0.2) is 0 Å². The van der Waals surface area contributed by atoms with E-state index in [0.29, 0.717) is 16.9 Å². The standard InChI is InChI=1S/C16H31NO/c1-15(2,3)8-5-9-16(12-17-4)10-11-18-14(16)13-6-7-13/h13-14,17H,5-12H2,1-4H3. The van der Waals surface area contributed by atoms with Gasteiger partial charge in [0.1, 0.15) is 0 Å². The quantitative estimate of drug-likeness (QED) is 0.781. The second-order valence-corrected chi connectivity index (χ2v) is 7.69. The first-order valence-electron chi connectivity index (χ1n) is 7.73. The van der Waals surface area contributed by atoms with E-state index in [1.165, 1.54) is 38.5 Å². The summed E-state index contributed by atoms with van der Waals surface area (Å²) in [6.45, 7) is 9.17. The molecule has 106 valence electrons. The Bertz CT molecular complexity index is 267. The molecule has 1 aliphatic carbocycles. The topological polar surface area (TPSA) is 21.3 Å². The van der Waals surface area contributed by atoms with Gasteiger partial charge >= 0.3 is 0 Å². The largest absolute Gasteiger partial charge is 0.377 e. The minimum absolute atomic E-state index is 0.432. The van der Waals surface area contributed by atoms with E-state index in [1.807, 2.05) is 0 Å². The zero-order valence-electron chi connectivity index (χ0n) is 12.7. The molecule has 0 spiro atoms. The molecular weight excluding hydrogens is 222 g/mol. The van der Waals surface area contributed by atoms with Crippen molar-refractivity contribution in [2.24, 2.45) is 16.7 Å². The van der Waals surface area contributed by atoms with Crippen LogP contribution in [0.15, 0.2) is 0 Å². The molecule has 0 aromatic rings. The van der Waals surface area contributed by atoms with Crippen LogP contribution in [0, 0.1) is 16.7 Å². The Hall–Kier alpha value is -0.0800. The zero-order chi connectivity index (χ0) is 13.2. The SMILES string of the molecule is CNCC1(CCCC(C)(C)C)CCOC1C1CC1. The lowest BCUT2D eigenvalue weighted by Crippen LogP contribution is -2.41. The average molecular weight is 253 g/mol. The molecule has 2 heteroatoms. The lowest BCUT2D eigenvalue weighted by molar-refractivity contribution is 0.0251. The lowest BCUT2D eigenvalue weighted by atomic mass is 9.73. The maximum Gasteiger partial charge on any atom is 0.0672 e. The minimum atomic E-state index is 0.432. The van der Waals surface area contributed by atoms with Crippen molar-refractivity contribution in [1.82, 2.24) is 5.32 Å². The van der Waals surface area contributed by atoms with Crippen LogP contribution < -0.4 is 5.32 Å². The normalized spacial score (nSPS) is 33.0. The first-order valence-corrected chi connectivity index (χ1v) is 7.73. The number of nitrogens with one attached hydrogen (secondary N) is 1. The Labute approximate surface area is 113 Å². The summed E-state index contributed by atoms with van der Waals surface area (Å²) in [6.07, 6.45) is 8.62. The molecule has 0 bridgehead atoms. The van der Waals surface area contributed by atoms with Gasteiger partial charge in [-0.15, -0.1) is 0 Å². The maximum absolute atomic E-state index is 6.09. The molecule has 0 amide bonds. The molecule has 0 radical (unpaired) electrons. The lowest BCUT2D eigenvalue weighted by Gasteiger charge is -2.35. The van der Waals surface area contributed by atoms with Crippen LogP contribution >= 0.6 is 0 Å². The van der Waals surface area contributed by atoms with E-state index in [4.69, 9.17) is 4.74 Å². The van der Waals surface area contributed by atoms with Crippen molar-refractivity contribution in [3.63, 3.8) is 0 Å². The highest BCUT2D eigenvalue weighted by atomic mass is 16.5. The van der Waals surface area contributed by atoms with E-state index < -0.39 is 0 Å². The van der Waals surface area contributed by atoms with Gasteiger partial charge in [0.05, 0.1) is 6.10 Å². The molecule has 2 atom stereocenters. The molecule has 2 nitrogen and oxygen atoms in total. The van der Waals surface area contributed by atoms with Gasteiger partial charge in [0.25, 0.3) is 0 Å². The van der Waals surface area contributed by atoms with Gasteiger partial charge in [-0.2, -0.15) is 0 Å². The van der Waals surface area contributed by atoms with E-state index in [-0.39, 0.29) is 0 Å². The van der Waals surface area contributed by atoms with Crippen molar-refractivity contribution in [1.29, 1.82) is 0 Å². The smallest absolute Gasteiger partial charge is 0.0672 e. The van der Waals surface area contributed by atoms with Crippen LogP contribution in [0.2, 0.25) is 0 Å². The van der Waals surface area contributed by atoms with Gasteiger partial charge in [0.2, 0.25) is 0 Å². The van der Waals surface area contributed by atoms with E-state index in [9.17, 15) is 0 Å².